The fourth-order valence-electron chi connectivity index (χ4n) is 1.09. The zero-order valence-corrected chi connectivity index (χ0v) is 10.2. The summed E-state index contributed by atoms with van der Waals surface area (Å²) < 4.78 is 36.2. The molecule has 0 radical (unpaired) electrons. The number of carbonyl (C=O) groups excluding carboxylic acids is 1. The van der Waals surface area contributed by atoms with Crippen molar-refractivity contribution in [3.05, 3.63) is 12.2 Å². The molecular weight excluding hydrogens is 234 g/mol. The molecule has 0 heterocycles. The van der Waals surface area contributed by atoms with Gasteiger partial charge in [0.25, 0.3) is 0 Å². The second-order valence-electron chi connectivity index (χ2n) is 3.56. The maximum absolute atomic E-state index is 13.6. The van der Waals surface area contributed by atoms with Crippen LogP contribution in [-0.4, -0.2) is 36.0 Å². The number of hydrogen-bond donors (Lipinski definition) is 1. The topological polar surface area (TPSA) is 55.8 Å². The number of rotatable bonds is 7. The molecule has 1 N–H and O–H groups in total. The van der Waals surface area contributed by atoms with Gasteiger partial charge in [0.15, 0.2) is 6.10 Å². The van der Waals surface area contributed by atoms with Gasteiger partial charge in [0.1, 0.15) is 0 Å². The summed E-state index contributed by atoms with van der Waals surface area (Å²) in [6, 6.07) is 0. The summed E-state index contributed by atoms with van der Waals surface area (Å²) in [5.74, 6) is -4.57. The fraction of sp³-hybridized carbons (Fsp3) is 0.727. The summed E-state index contributed by atoms with van der Waals surface area (Å²) in [4.78, 5) is 11.2. The van der Waals surface area contributed by atoms with Gasteiger partial charge in [0.2, 0.25) is 6.29 Å². The average molecular weight is 252 g/mol. The van der Waals surface area contributed by atoms with Crippen LogP contribution in [0.5, 0.6) is 0 Å². The molecule has 0 saturated heterocycles. The summed E-state index contributed by atoms with van der Waals surface area (Å²) in [6.45, 7) is 7.47. The minimum Gasteiger partial charge on any atom is -0.452 e. The van der Waals surface area contributed by atoms with Gasteiger partial charge in [-0.15, -0.1) is 0 Å². The number of alkyl halides is 2. The lowest BCUT2D eigenvalue weighted by Crippen LogP contribution is -2.47. The molecule has 0 aliphatic rings. The van der Waals surface area contributed by atoms with Crippen molar-refractivity contribution in [2.45, 2.75) is 45.5 Å². The van der Waals surface area contributed by atoms with Crippen LogP contribution in [-0.2, 0) is 14.3 Å². The molecule has 0 spiro atoms. The van der Waals surface area contributed by atoms with E-state index < -0.39 is 24.3 Å². The van der Waals surface area contributed by atoms with Crippen LogP contribution in [0.15, 0.2) is 12.2 Å². The minimum atomic E-state index is -3.66. The molecule has 0 aliphatic heterocycles. The summed E-state index contributed by atoms with van der Waals surface area (Å²) >= 11 is 0. The predicted octanol–water partition coefficient (Wildman–Crippen LogP) is 1.87. The Bertz CT molecular complexity index is 279. The number of halogens is 2. The van der Waals surface area contributed by atoms with E-state index in [4.69, 9.17) is 5.11 Å². The standard InChI is InChI=1S/C11H18F2O4/c1-5-8(17-9(14)7(3)4)11(12,13)10(15)16-6-2/h8,10,15H,3,5-6H2,1-2,4H3. The highest BCUT2D eigenvalue weighted by atomic mass is 19.3. The Balaban J connectivity index is 4.73. The first-order valence-corrected chi connectivity index (χ1v) is 5.31. The van der Waals surface area contributed by atoms with Gasteiger partial charge in [-0.1, -0.05) is 13.5 Å². The van der Waals surface area contributed by atoms with E-state index in [9.17, 15) is 13.6 Å². The summed E-state index contributed by atoms with van der Waals surface area (Å²) in [7, 11) is 0. The lowest BCUT2D eigenvalue weighted by atomic mass is 10.1. The van der Waals surface area contributed by atoms with E-state index in [1.807, 2.05) is 0 Å². The number of esters is 1. The molecule has 0 aromatic rings. The summed E-state index contributed by atoms with van der Waals surface area (Å²) in [5.41, 5.74) is 0.0187. The van der Waals surface area contributed by atoms with Crippen LogP contribution in [0.25, 0.3) is 0 Å². The van der Waals surface area contributed by atoms with Gasteiger partial charge < -0.3 is 14.6 Å². The zero-order chi connectivity index (χ0) is 13.6. The monoisotopic (exact) mass is 252 g/mol. The van der Waals surface area contributed by atoms with Crippen LogP contribution in [0.4, 0.5) is 8.78 Å². The Hall–Kier alpha value is -1.01. The zero-order valence-electron chi connectivity index (χ0n) is 10.2. The van der Waals surface area contributed by atoms with Crippen LogP contribution < -0.4 is 0 Å². The molecule has 6 heteroatoms. The van der Waals surface area contributed by atoms with E-state index in [-0.39, 0.29) is 18.6 Å². The van der Waals surface area contributed by atoms with Gasteiger partial charge in [-0.05, 0) is 20.3 Å². The number of aliphatic hydroxyl groups excluding tert-OH is 1. The van der Waals surface area contributed by atoms with E-state index in [1.54, 1.807) is 0 Å². The second-order valence-corrected chi connectivity index (χ2v) is 3.56. The number of ether oxygens (including phenoxy) is 2. The van der Waals surface area contributed by atoms with Crippen LogP contribution in [0.1, 0.15) is 27.2 Å². The van der Waals surface area contributed by atoms with Crippen molar-refractivity contribution in [1.82, 2.24) is 0 Å². The van der Waals surface area contributed by atoms with Crippen molar-refractivity contribution < 1.29 is 28.2 Å². The Morgan fingerprint density at radius 1 is 1.47 bits per heavy atom. The molecule has 100 valence electrons. The van der Waals surface area contributed by atoms with Gasteiger partial charge in [-0.25, -0.2) is 4.79 Å². The quantitative estimate of drug-likeness (QED) is 0.427. The van der Waals surface area contributed by atoms with E-state index in [0.29, 0.717) is 0 Å². The molecule has 0 amide bonds. The third-order valence-electron chi connectivity index (χ3n) is 2.05. The van der Waals surface area contributed by atoms with Crippen LogP contribution in [0, 0.1) is 0 Å². The number of hydrogen-bond acceptors (Lipinski definition) is 4. The third kappa shape index (κ3) is 4.40. The minimum absolute atomic E-state index is 0.0187. The van der Waals surface area contributed by atoms with Crippen molar-refractivity contribution in [3.8, 4) is 0 Å². The Morgan fingerprint density at radius 2 is 2.00 bits per heavy atom. The van der Waals surface area contributed by atoms with E-state index in [2.05, 4.69) is 16.1 Å². The van der Waals surface area contributed by atoms with Gasteiger partial charge in [0.05, 0.1) is 0 Å². The first kappa shape index (κ1) is 16.0. The van der Waals surface area contributed by atoms with E-state index in [1.165, 1.54) is 20.8 Å². The predicted molar refractivity (Wildman–Crippen MR) is 57.6 cm³/mol. The highest BCUT2D eigenvalue weighted by Crippen LogP contribution is 2.29. The molecule has 0 aromatic carbocycles. The molecule has 0 aromatic heterocycles. The van der Waals surface area contributed by atoms with Gasteiger partial charge in [0, 0.05) is 12.2 Å². The van der Waals surface area contributed by atoms with Gasteiger partial charge in [-0.3, -0.25) is 0 Å². The molecule has 2 atom stereocenters. The smallest absolute Gasteiger partial charge is 0.333 e. The molecule has 0 rings (SSSR count). The largest absolute Gasteiger partial charge is 0.452 e. The van der Waals surface area contributed by atoms with Crippen molar-refractivity contribution in [1.29, 1.82) is 0 Å². The Morgan fingerprint density at radius 3 is 2.35 bits per heavy atom. The SMILES string of the molecule is C=C(C)C(=O)OC(CC)C(F)(F)C(O)OCC. The van der Waals surface area contributed by atoms with Crippen LogP contribution in [0.2, 0.25) is 0 Å². The first-order chi connectivity index (χ1) is 7.77. The molecule has 2 unspecified atom stereocenters. The van der Waals surface area contributed by atoms with Crippen molar-refractivity contribution in [2.24, 2.45) is 0 Å². The van der Waals surface area contributed by atoms with Crippen molar-refractivity contribution >= 4 is 5.97 Å². The van der Waals surface area contributed by atoms with E-state index >= 15 is 0 Å². The molecule has 0 fully saturated rings. The Kier molecular flexibility index (Phi) is 6.26. The van der Waals surface area contributed by atoms with Gasteiger partial charge >= 0.3 is 11.9 Å². The highest BCUT2D eigenvalue weighted by molar-refractivity contribution is 5.87. The lowest BCUT2D eigenvalue weighted by Gasteiger charge is -2.29. The maximum Gasteiger partial charge on any atom is 0.333 e. The number of carbonyl (C=O) groups is 1. The molecule has 0 aliphatic carbocycles. The number of aliphatic hydroxyl groups is 1. The van der Waals surface area contributed by atoms with Crippen molar-refractivity contribution in [3.63, 3.8) is 0 Å². The average Bonchev–Trinajstić information content (AvgIpc) is 2.25. The second kappa shape index (κ2) is 6.66. The molecule has 0 bridgehead atoms. The molecule has 4 nitrogen and oxygen atoms in total. The fourth-order valence-corrected chi connectivity index (χ4v) is 1.09. The van der Waals surface area contributed by atoms with Crippen LogP contribution in [0.3, 0.4) is 0 Å². The lowest BCUT2D eigenvalue weighted by molar-refractivity contribution is -0.270. The molecule has 17 heavy (non-hydrogen) atoms. The highest BCUT2D eigenvalue weighted by Gasteiger charge is 2.49. The van der Waals surface area contributed by atoms with Crippen LogP contribution >= 0.6 is 0 Å². The Labute approximate surface area is 99.2 Å². The van der Waals surface area contributed by atoms with Gasteiger partial charge in [-0.2, -0.15) is 8.78 Å². The normalized spacial score (nSPS) is 15.2. The maximum atomic E-state index is 13.6. The third-order valence-corrected chi connectivity index (χ3v) is 2.05. The van der Waals surface area contributed by atoms with Crippen molar-refractivity contribution in [2.75, 3.05) is 6.61 Å². The summed E-state index contributed by atoms with van der Waals surface area (Å²) in [6.07, 6.45) is -4.18. The first-order valence-electron chi connectivity index (χ1n) is 5.31. The molecular formula is C11H18F2O4. The summed E-state index contributed by atoms with van der Waals surface area (Å²) in [5, 5.41) is 9.14. The molecule has 0 saturated carbocycles. The van der Waals surface area contributed by atoms with E-state index in [0.717, 1.165) is 0 Å².